The zero-order valence-electron chi connectivity index (χ0n) is 19.0. The molecule has 0 radical (unpaired) electrons. The molecule has 4 aromatic rings. The van der Waals surface area contributed by atoms with Crippen LogP contribution in [-0.4, -0.2) is 19.1 Å². The quantitative estimate of drug-likeness (QED) is 0.278. The van der Waals surface area contributed by atoms with E-state index in [0.29, 0.717) is 22.8 Å². The van der Waals surface area contributed by atoms with E-state index in [1.807, 2.05) is 41.0 Å². The molecular formula is C25H26N4O3S2. The number of aromatic nitrogens is 1. The number of ether oxygens (including phenoxy) is 1. The zero-order valence-corrected chi connectivity index (χ0v) is 20.6. The Morgan fingerprint density at radius 2 is 1.65 bits per heavy atom. The van der Waals surface area contributed by atoms with E-state index in [0.717, 1.165) is 28.6 Å². The predicted octanol–water partition coefficient (Wildman–Crippen LogP) is 6.27. The normalized spacial score (nSPS) is 12.4. The number of nitrogens with zero attached hydrogens (tertiary/aromatic N) is 3. The topological polar surface area (TPSA) is 96.9 Å². The maximum absolute atomic E-state index is 13.0. The van der Waals surface area contributed by atoms with Crippen molar-refractivity contribution in [2.45, 2.75) is 44.2 Å². The fraction of sp³-hybridized carbons (Fsp3) is 0.240. The van der Waals surface area contributed by atoms with Crippen LogP contribution in [0.25, 0.3) is 10.2 Å². The third-order valence-electron chi connectivity index (χ3n) is 5.51. The number of rotatable bonds is 9. The molecule has 0 spiro atoms. The Hall–Kier alpha value is -3.30. The first-order chi connectivity index (χ1) is 16.4. The van der Waals surface area contributed by atoms with Crippen molar-refractivity contribution < 1.29 is 13.2 Å². The molecule has 0 saturated carbocycles. The van der Waals surface area contributed by atoms with Crippen molar-refractivity contribution in [2.75, 3.05) is 0 Å². The molecule has 1 aromatic heterocycles. The van der Waals surface area contributed by atoms with Gasteiger partial charge in [-0.1, -0.05) is 73.7 Å². The average molecular weight is 495 g/mol. The monoisotopic (exact) mass is 494 g/mol. The first-order valence-corrected chi connectivity index (χ1v) is 13.3. The Morgan fingerprint density at radius 3 is 2.26 bits per heavy atom. The second kappa shape index (κ2) is 10.3. The molecule has 0 fully saturated rings. The third kappa shape index (κ3) is 5.10. The van der Waals surface area contributed by atoms with Gasteiger partial charge in [0.25, 0.3) is 10.0 Å². The summed E-state index contributed by atoms with van der Waals surface area (Å²) in [6, 6.07) is 21.6. The molecule has 0 bridgehead atoms. The SMILES string of the molecule is CCC(CC)Oc1cc2c(cc1N=N)s/c(=N\S(=O)(=O)c1ccccc1)n2Cc1ccccc1. The predicted molar refractivity (Wildman–Crippen MR) is 134 cm³/mol. The van der Waals surface area contributed by atoms with Crippen LogP contribution in [0.2, 0.25) is 0 Å². The molecule has 7 nitrogen and oxygen atoms in total. The number of fused-ring (bicyclic) bond motifs is 1. The smallest absolute Gasteiger partial charge is 0.285 e. The summed E-state index contributed by atoms with van der Waals surface area (Å²) >= 11 is 1.25. The van der Waals surface area contributed by atoms with Crippen molar-refractivity contribution in [3.63, 3.8) is 0 Å². The summed E-state index contributed by atoms with van der Waals surface area (Å²) in [7, 11) is -3.91. The van der Waals surface area contributed by atoms with E-state index in [9.17, 15) is 8.42 Å². The number of nitrogens with one attached hydrogen (secondary N) is 1. The van der Waals surface area contributed by atoms with Crippen LogP contribution in [0.5, 0.6) is 5.75 Å². The first kappa shape index (κ1) is 23.8. The van der Waals surface area contributed by atoms with Crippen LogP contribution in [0, 0.1) is 5.53 Å². The highest BCUT2D eigenvalue weighted by Gasteiger charge is 2.18. The lowest BCUT2D eigenvalue weighted by atomic mass is 10.2. The molecule has 1 heterocycles. The van der Waals surface area contributed by atoms with Gasteiger partial charge < -0.3 is 9.30 Å². The highest BCUT2D eigenvalue weighted by Crippen LogP contribution is 2.35. The average Bonchev–Trinajstić information content (AvgIpc) is 3.18. The third-order valence-corrected chi connectivity index (χ3v) is 7.95. The Balaban J connectivity index is 1.94. The molecule has 0 unspecified atom stereocenters. The fourth-order valence-electron chi connectivity index (χ4n) is 3.64. The summed E-state index contributed by atoms with van der Waals surface area (Å²) in [6.45, 7) is 4.54. The molecule has 176 valence electrons. The van der Waals surface area contributed by atoms with Gasteiger partial charge in [0.2, 0.25) is 4.80 Å². The van der Waals surface area contributed by atoms with Gasteiger partial charge in [-0.15, -0.1) is 4.40 Å². The molecule has 0 aliphatic carbocycles. The number of sulfonamides is 1. The Morgan fingerprint density at radius 1 is 1.00 bits per heavy atom. The van der Waals surface area contributed by atoms with Gasteiger partial charge >= 0.3 is 0 Å². The van der Waals surface area contributed by atoms with Gasteiger partial charge in [0.1, 0.15) is 11.4 Å². The van der Waals surface area contributed by atoms with Crippen molar-refractivity contribution in [3.05, 3.63) is 83.2 Å². The molecule has 0 saturated heterocycles. The van der Waals surface area contributed by atoms with Gasteiger partial charge in [-0.05, 0) is 36.6 Å². The van der Waals surface area contributed by atoms with Crippen molar-refractivity contribution in [1.29, 1.82) is 5.53 Å². The maximum Gasteiger partial charge on any atom is 0.285 e. The Labute approximate surface area is 202 Å². The van der Waals surface area contributed by atoms with Crippen molar-refractivity contribution in [2.24, 2.45) is 9.51 Å². The summed E-state index contributed by atoms with van der Waals surface area (Å²) in [5.41, 5.74) is 9.84. The number of benzene rings is 3. The minimum Gasteiger partial charge on any atom is -0.488 e. The van der Waals surface area contributed by atoms with E-state index in [1.54, 1.807) is 24.3 Å². The minimum atomic E-state index is -3.91. The van der Waals surface area contributed by atoms with Gasteiger partial charge in [0, 0.05) is 6.07 Å². The summed E-state index contributed by atoms with van der Waals surface area (Å²) in [6.07, 6.45) is 1.66. The lowest BCUT2D eigenvalue weighted by Crippen LogP contribution is -2.18. The van der Waals surface area contributed by atoms with Crippen LogP contribution >= 0.6 is 11.3 Å². The van der Waals surface area contributed by atoms with Gasteiger partial charge in [0.15, 0.2) is 0 Å². The molecule has 0 amide bonds. The van der Waals surface area contributed by atoms with Crippen LogP contribution in [0.15, 0.2) is 87.2 Å². The maximum atomic E-state index is 13.0. The molecule has 0 aliphatic rings. The summed E-state index contributed by atoms with van der Waals surface area (Å²) in [5.74, 6) is 0.508. The highest BCUT2D eigenvalue weighted by molar-refractivity contribution is 7.90. The number of thiazole rings is 1. The van der Waals surface area contributed by atoms with Crippen LogP contribution in [-0.2, 0) is 16.6 Å². The van der Waals surface area contributed by atoms with E-state index in [1.165, 1.54) is 23.5 Å². The van der Waals surface area contributed by atoms with E-state index in [4.69, 9.17) is 10.3 Å². The van der Waals surface area contributed by atoms with Gasteiger partial charge in [-0.3, -0.25) is 0 Å². The summed E-state index contributed by atoms with van der Waals surface area (Å²) in [5, 5.41) is 3.66. The molecule has 4 rings (SSSR count). The first-order valence-electron chi connectivity index (χ1n) is 11.1. The van der Waals surface area contributed by atoms with E-state index in [2.05, 4.69) is 23.4 Å². The van der Waals surface area contributed by atoms with Gasteiger partial charge in [-0.2, -0.15) is 13.5 Å². The van der Waals surface area contributed by atoms with Crippen LogP contribution < -0.4 is 9.54 Å². The Bertz CT molecular complexity index is 1460. The zero-order chi connectivity index (χ0) is 24.1. The lowest BCUT2D eigenvalue weighted by molar-refractivity contribution is 0.194. The molecule has 0 atom stereocenters. The summed E-state index contributed by atoms with van der Waals surface area (Å²) in [4.78, 5) is 0.483. The Kier molecular flexibility index (Phi) is 7.23. The molecule has 34 heavy (non-hydrogen) atoms. The molecule has 3 aromatic carbocycles. The van der Waals surface area contributed by atoms with E-state index < -0.39 is 10.0 Å². The second-order valence-electron chi connectivity index (χ2n) is 7.79. The molecule has 0 aliphatic heterocycles. The van der Waals surface area contributed by atoms with Crippen LogP contribution in [0.3, 0.4) is 0 Å². The molecule has 1 N–H and O–H groups in total. The highest BCUT2D eigenvalue weighted by atomic mass is 32.2. The van der Waals surface area contributed by atoms with E-state index in [-0.39, 0.29) is 11.0 Å². The van der Waals surface area contributed by atoms with Gasteiger partial charge in [0.05, 0.1) is 27.8 Å². The number of hydrogen-bond donors (Lipinski definition) is 1. The van der Waals surface area contributed by atoms with Crippen molar-refractivity contribution >= 4 is 37.3 Å². The van der Waals surface area contributed by atoms with Crippen LogP contribution in [0.4, 0.5) is 5.69 Å². The standard InChI is InChI=1S/C25H26N4O3S2/c1-3-19(4-2)32-23-16-22-24(15-21(23)27-26)33-25(29(22)17-18-11-7-5-8-12-18)28-34(30,31)20-13-9-6-10-14-20/h5-16,19,26H,3-4,17H2,1-2H3/b27-26?,28-25-. The van der Waals surface area contributed by atoms with E-state index >= 15 is 0 Å². The van der Waals surface area contributed by atoms with Crippen molar-refractivity contribution in [3.8, 4) is 5.75 Å². The number of hydrogen-bond acceptors (Lipinski definition) is 6. The van der Waals surface area contributed by atoms with Crippen molar-refractivity contribution in [1.82, 2.24) is 4.57 Å². The minimum absolute atomic E-state index is 0.00164. The largest absolute Gasteiger partial charge is 0.488 e. The molecule has 9 heteroatoms. The van der Waals surface area contributed by atoms with Crippen LogP contribution in [0.1, 0.15) is 32.3 Å². The van der Waals surface area contributed by atoms with Gasteiger partial charge in [-0.25, -0.2) is 5.53 Å². The second-order valence-corrected chi connectivity index (χ2v) is 10.4. The fourth-order valence-corrected chi connectivity index (χ4v) is 5.91. The molecular weight excluding hydrogens is 468 g/mol. The summed E-state index contributed by atoms with van der Waals surface area (Å²) < 4.78 is 39.1. The lowest BCUT2D eigenvalue weighted by Gasteiger charge is -2.17.